The second-order valence-corrected chi connectivity index (χ2v) is 10.7. The Balaban J connectivity index is 0.00000210. The Labute approximate surface area is 196 Å². The van der Waals surface area contributed by atoms with Crippen molar-refractivity contribution in [1.82, 2.24) is 10.2 Å². The van der Waals surface area contributed by atoms with Crippen LogP contribution in [0, 0.1) is 6.92 Å². The van der Waals surface area contributed by atoms with E-state index in [1.165, 1.54) is 0 Å². The first kappa shape index (κ1) is 26.5. The van der Waals surface area contributed by atoms with E-state index in [9.17, 15) is 9.59 Å². The molecule has 2 heterocycles. The Hall–Kier alpha value is -0.492. The Bertz CT molecular complexity index is 703. The van der Waals surface area contributed by atoms with E-state index in [1.54, 1.807) is 0 Å². The summed E-state index contributed by atoms with van der Waals surface area (Å²) in [4.78, 5) is 26.2. The van der Waals surface area contributed by atoms with Crippen LogP contribution in [0.2, 0.25) is 9.73 Å². The van der Waals surface area contributed by atoms with Crippen LogP contribution in [0.1, 0.15) is 24.8 Å². The van der Waals surface area contributed by atoms with E-state index in [0.29, 0.717) is 22.8 Å². The van der Waals surface area contributed by atoms with E-state index >= 15 is 0 Å². The number of likely N-dealkylation sites (tertiary alicyclic amines) is 1. The molecule has 0 unspecified atom stereocenters. The summed E-state index contributed by atoms with van der Waals surface area (Å²) in [6.07, 6.45) is 2.41. The number of ether oxygens (including phenoxy) is 1. The van der Waals surface area contributed by atoms with Crippen LogP contribution in [-0.4, -0.2) is 69.5 Å². The van der Waals surface area contributed by atoms with E-state index < -0.39 is 15.8 Å². The van der Waals surface area contributed by atoms with E-state index in [2.05, 4.69) is 5.32 Å². The van der Waals surface area contributed by atoms with Crippen LogP contribution in [0.15, 0.2) is 18.2 Å². The fourth-order valence-corrected chi connectivity index (χ4v) is 5.87. The summed E-state index contributed by atoms with van der Waals surface area (Å²) >= 11 is 5.78. The number of hydrogen-bond acceptors (Lipinski definition) is 5. The summed E-state index contributed by atoms with van der Waals surface area (Å²) in [5.41, 5.74) is 6.52. The third kappa shape index (κ3) is 7.30. The molecule has 0 bridgehead atoms. The molecule has 3 rings (SSSR count). The normalized spacial score (nSPS) is 22.2. The van der Waals surface area contributed by atoms with Gasteiger partial charge in [-0.25, -0.2) is 0 Å². The minimum Gasteiger partial charge on any atom is -0.147 e. The molecule has 3 N–H and O–H groups in total. The number of benzene rings is 1. The number of nitrogens with two attached hydrogens (primary N) is 1. The van der Waals surface area contributed by atoms with E-state index in [0.717, 1.165) is 37.1 Å². The molecule has 2 saturated heterocycles. The zero-order valence-corrected chi connectivity index (χ0v) is 20.6. The predicted molar refractivity (Wildman–Crippen MR) is 121 cm³/mol. The van der Waals surface area contributed by atoms with Gasteiger partial charge in [-0.05, 0) is 6.92 Å². The summed E-state index contributed by atoms with van der Waals surface area (Å²) in [7, 11) is 0. The maximum absolute atomic E-state index is 12.8. The summed E-state index contributed by atoms with van der Waals surface area (Å²) in [5.74, 6) is 0.862. The SMILES string of the molecule is Cc1ccc(Cl)c(OC2CCN(C(=O)[C@@H]3C[C@@H]([As]C(=O)CN)CN3)CC2)c1.Cl.Cl. The van der Waals surface area contributed by atoms with Gasteiger partial charge in [-0.15, -0.1) is 24.8 Å². The van der Waals surface area contributed by atoms with Gasteiger partial charge in [0, 0.05) is 0 Å². The zero-order valence-electron chi connectivity index (χ0n) is 16.3. The molecule has 0 saturated carbocycles. The second-order valence-electron chi connectivity index (χ2n) is 7.15. The van der Waals surface area contributed by atoms with Crippen molar-refractivity contribution in [3.05, 3.63) is 28.8 Å². The number of hydrogen-bond donors (Lipinski definition) is 2. The van der Waals surface area contributed by atoms with Crippen LogP contribution in [0.4, 0.5) is 0 Å². The minimum absolute atomic E-state index is 0. The molecule has 0 aliphatic carbocycles. The summed E-state index contributed by atoms with van der Waals surface area (Å²) in [5, 5.41) is 3.91. The smallest absolute Gasteiger partial charge is 0.147 e. The molecule has 2 aliphatic rings. The van der Waals surface area contributed by atoms with Gasteiger partial charge in [0.2, 0.25) is 0 Å². The molecule has 29 heavy (non-hydrogen) atoms. The van der Waals surface area contributed by atoms with Gasteiger partial charge < -0.3 is 0 Å². The van der Waals surface area contributed by atoms with Crippen LogP contribution in [0.25, 0.3) is 0 Å². The Morgan fingerprint density at radius 2 is 2.00 bits per heavy atom. The van der Waals surface area contributed by atoms with Crippen LogP contribution < -0.4 is 15.8 Å². The molecule has 2 aliphatic heterocycles. The van der Waals surface area contributed by atoms with Crippen molar-refractivity contribution in [2.75, 3.05) is 26.2 Å². The van der Waals surface area contributed by atoms with Crippen LogP contribution in [-0.2, 0) is 9.59 Å². The van der Waals surface area contributed by atoms with Crippen molar-refractivity contribution < 1.29 is 14.3 Å². The van der Waals surface area contributed by atoms with Crippen molar-refractivity contribution in [2.45, 2.75) is 43.0 Å². The number of carbonyl (C=O) groups excluding carboxylic acids is 2. The van der Waals surface area contributed by atoms with Gasteiger partial charge in [-0.3, -0.25) is 0 Å². The number of piperidine rings is 1. The van der Waals surface area contributed by atoms with Gasteiger partial charge >= 0.3 is 159 Å². The first-order valence-electron chi connectivity index (χ1n) is 9.35. The molecular formula is C19H28AsCl3N3O3. The fraction of sp³-hybridized carbons (Fsp3) is 0.579. The Morgan fingerprint density at radius 1 is 1.31 bits per heavy atom. The predicted octanol–water partition coefficient (Wildman–Crippen LogP) is 2.20. The van der Waals surface area contributed by atoms with Crippen LogP contribution >= 0.6 is 36.4 Å². The third-order valence-corrected chi connectivity index (χ3v) is 7.93. The standard InChI is InChI=1S/C19H26AsClN3O3.2ClH/c1-12-2-3-15(21)17(8-12)27-14-4-6-24(7-5-14)19(26)16-9-13(11-23-16)20-18(25)10-22;;/h2-3,8,13-14,16,23H,4-7,9-11,22H2,1H3;2*1H/t13-,16+;;/m1../s1. The van der Waals surface area contributed by atoms with Crippen molar-refractivity contribution in [2.24, 2.45) is 5.73 Å². The Morgan fingerprint density at radius 3 is 2.66 bits per heavy atom. The molecule has 1 aromatic carbocycles. The fourth-order valence-electron chi connectivity index (χ4n) is 3.55. The molecule has 0 spiro atoms. The van der Waals surface area contributed by atoms with Crippen molar-refractivity contribution >= 4 is 62.6 Å². The van der Waals surface area contributed by atoms with Gasteiger partial charge in [0.1, 0.15) is 0 Å². The molecule has 1 aromatic rings. The molecule has 2 atom stereocenters. The number of halogens is 3. The molecule has 0 aromatic heterocycles. The van der Waals surface area contributed by atoms with Crippen molar-refractivity contribution in [3.63, 3.8) is 0 Å². The summed E-state index contributed by atoms with van der Waals surface area (Å²) in [6, 6.07) is 5.60. The maximum atomic E-state index is 12.8. The number of carbonyl (C=O) groups is 2. The first-order chi connectivity index (χ1) is 13.0. The minimum atomic E-state index is -0.431. The quantitative estimate of drug-likeness (QED) is 0.554. The number of aryl methyl sites for hydroxylation is 1. The summed E-state index contributed by atoms with van der Waals surface area (Å²) < 4.78 is 6.52. The average Bonchev–Trinajstić information content (AvgIpc) is 3.13. The van der Waals surface area contributed by atoms with Crippen molar-refractivity contribution in [1.29, 1.82) is 0 Å². The molecule has 2 fully saturated rings. The topological polar surface area (TPSA) is 84.7 Å². The average molecular weight is 528 g/mol. The number of rotatable bonds is 6. The number of amides is 1. The van der Waals surface area contributed by atoms with Gasteiger partial charge in [0.15, 0.2) is 0 Å². The maximum Gasteiger partial charge on any atom is -0.147 e. The molecule has 163 valence electrons. The van der Waals surface area contributed by atoms with Gasteiger partial charge in [0.25, 0.3) is 0 Å². The Kier molecular flexibility index (Phi) is 11.3. The zero-order chi connectivity index (χ0) is 19.4. The van der Waals surface area contributed by atoms with Gasteiger partial charge in [-0.2, -0.15) is 0 Å². The summed E-state index contributed by atoms with van der Waals surface area (Å²) in [6.45, 7) is 4.24. The molecule has 1 amide bonds. The van der Waals surface area contributed by atoms with E-state index in [4.69, 9.17) is 22.1 Å². The number of nitrogens with zero attached hydrogens (tertiary/aromatic N) is 1. The molecule has 1 radical (unpaired) electrons. The molecule has 10 heteroatoms. The van der Waals surface area contributed by atoms with Gasteiger partial charge in [0.05, 0.1) is 0 Å². The second kappa shape index (κ2) is 12.4. The third-order valence-electron chi connectivity index (χ3n) is 5.04. The van der Waals surface area contributed by atoms with E-state index in [1.807, 2.05) is 30.0 Å². The van der Waals surface area contributed by atoms with E-state index in [-0.39, 0.29) is 54.0 Å². The van der Waals surface area contributed by atoms with Crippen molar-refractivity contribution in [3.8, 4) is 5.75 Å². The van der Waals surface area contributed by atoms with Crippen LogP contribution in [0.3, 0.4) is 0 Å². The number of nitrogens with one attached hydrogen (secondary N) is 1. The monoisotopic (exact) mass is 526 g/mol. The molecular weight excluding hydrogens is 500 g/mol. The first-order valence-corrected chi connectivity index (χ1v) is 11.7. The van der Waals surface area contributed by atoms with Gasteiger partial charge in [-0.1, -0.05) is 6.07 Å². The van der Waals surface area contributed by atoms with Crippen LogP contribution in [0.5, 0.6) is 5.75 Å². The largest absolute Gasteiger partial charge is 0.147 e. The molecule has 6 nitrogen and oxygen atoms in total.